The van der Waals surface area contributed by atoms with Crippen molar-refractivity contribution in [3.63, 3.8) is 0 Å². The number of amides is 1. The molecule has 3 atom stereocenters. The molecule has 2 heterocycles. The van der Waals surface area contributed by atoms with E-state index in [0.717, 1.165) is 25.9 Å². The van der Waals surface area contributed by atoms with Crippen LogP contribution in [0.1, 0.15) is 43.0 Å². The van der Waals surface area contributed by atoms with Gasteiger partial charge in [-0.25, -0.2) is 4.98 Å². The number of likely N-dealkylation sites (tertiary alicyclic amines) is 1. The molecular formula is C18H27N3O3. The summed E-state index contributed by atoms with van der Waals surface area (Å²) in [4.78, 5) is 21.1. The van der Waals surface area contributed by atoms with Crippen LogP contribution >= 0.6 is 0 Å². The van der Waals surface area contributed by atoms with E-state index in [1.165, 1.54) is 12.8 Å². The van der Waals surface area contributed by atoms with Crippen LogP contribution in [0.5, 0.6) is 5.88 Å². The molecule has 1 saturated carbocycles. The number of nitrogens with zero attached hydrogens (tertiary/aromatic N) is 3. The van der Waals surface area contributed by atoms with E-state index in [9.17, 15) is 9.90 Å². The molecule has 24 heavy (non-hydrogen) atoms. The maximum Gasteiger partial charge on any atom is 0.259 e. The third kappa shape index (κ3) is 3.26. The first-order valence-corrected chi connectivity index (χ1v) is 8.90. The van der Waals surface area contributed by atoms with Crippen LogP contribution in [0.25, 0.3) is 0 Å². The summed E-state index contributed by atoms with van der Waals surface area (Å²) < 4.78 is 5.47. The number of aromatic nitrogens is 1. The molecule has 132 valence electrons. The zero-order valence-electron chi connectivity index (χ0n) is 14.5. The lowest BCUT2D eigenvalue weighted by atomic mass is 10.1. The number of carbonyl (C=O) groups excluding carboxylic acids is 1. The minimum absolute atomic E-state index is 0.141. The Morgan fingerprint density at radius 3 is 2.88 bits per heavy atom. The van der Waals surface area contributed by atoms with E-state index in [1.807, 2.05) is 6.92 Å². The van der Waals surface area contributed by atoms with Gasteiger partial charge < -0.3 is 14.7 Å². The number of ether oxygens (including phenoxy) is 1. The van der Waals surface area contributed by atoms with E-state index in [2.05, 4.69) is 9.88 Å². The van der Waals surface area contributed by atoms with Gasteiger partial charge in [0.05, 0.1) is 18.8 Å². The van der Waals surface area contributed by atoms with Gasteiger partial charge in [-0.15, -0.1) is 0 Å². The van der Waals surface area contributed by atoms with Crippen molar-refractivity contribution in [2.24, 2.45) is 0 Å². The van der Waals surface area contributed by atoms with E-state index >= 15 is 0 Å². The zero-order chi connectivity index (χ0) is 17.1. The third-order valence-electron chi connectivity index (χ3n) is 5.26. The fourth-order valence-electron chi connectivity index (χ4n) is 3.98. The van der Waals surface area contributed by atoms with Crippen LogP contribution in [-0.2, 0) is 0 Å². The highest BCUT2D eigenvalue weighted by atomic mass is 16.5. The summed E-state index contributed by atoms with van der Waals surface area (Å²) >= 11 is 0. The smallest absolute Gasteiger partial charge is 0.259 e. The number of likely N-dealkylation sites (N-methyl/N-ethyl adjacent to an activating group) is 1. The van der Waals surface area contributed by atoms with Crippen molar-refractivity contribution in [1.82, 2.24) is 14.8 Å². The highest BCUT2D eigenvalue weighted by Crippen LogP contribution is 2.31. The number of pyridine rings is 1. The quantitative estimate of drug-likeness (QED) is 0.885. The van der Waals surface area contributed by atoms with E-state index in [4.69, 9.17) is 4.74 Å². The van der Waals surface area contributed by atoms with Crippen molar-refractivity contribution >= 4 is 5.91 Å². The number of carbonyl (C=O) groups is 1. The van der Waals surface area contributed by atoms with Gasteiger partial charge in [0.15, 0.2) is 0 Å². The number of rotatable bonds is 5. The minimum atomic E-state index is -0.496. The van der Waals surface area contributed by atoms with Gasteiger partial charge in [0, 0.05) is 19.3 Å². The van der Waals surface area contributed by atoms with E-state index < -0.39 is 6.10 Å². The van der Waals surface area contributed by atoms with Gasteiger partial charge in [0.25, 0.3) is 5.91 Å². The van der Waals surface area contributed by atoms with Crippen LogP contribution in [-0.4, -0.2) is 70.7 Å². The lowest BCUT2D eigenvalue weighted by molar-refractivity contribution is 0.0294. The third-order valence-corrected chi connectivity index (χ3v) is 5.26. The van der Waals surface area contributed by atoms with Crippen LogP contribution < -0.4 is 4.74 Å². The van der Waals surface area contributed by atoms with Crippen LogP contribution in [0.2, 0.25) is 0 Å². The first-order valence-electron chi connectivity index (χ1n) is 8.90. The monoisotopic (exact) mass is 333 g/mol. The second kappa shape index (κ2) is 7.49. The Hall–Kier alpha value is -1.66. The molecule has 0 aromatic carbocycles. The minimum Gasteiger partial charge on any atom is -0.477 e. The fraction of sp³-hybridized carbons (Fsp3) is 0.667. The highest BCUT2D eigenvalue weighted by molar-refractivity contribution is 5.96. The summed E-state index contributed by atoms with van der Waals surface area (Å²) in [6.07, 6.45) is 5.30. The summed E-state index contributed by atoms with van der Waals surface area (Å²) in [5.74, 6) is 0.220. The molecule has 2 aliphatic rings. The Morgan fingerprint density at radius 1 is 1.42 bits per heavy atom. The molecule has 1 aromatic heterocycles. The summed E-state index contributed by atoms with van der Waals surface area (Å²) in [7, 11) is 1.77. The van der Waals surface area contributed by atoms with E-state index in [-0.39, 0.29) is 18.0 Å². The predicted molar refractivity (Wildman–Crippen MR) is 91.1 cm³/mol. The number of hydrogen-bond acceptors (Lipinski definition) is 5. The Labute approximate surface area is 143 Å². The highest BCUT2D eigenvalue weighted by Gasteiger charge is 2.42. The molecule has 1 aromatic rings. The average molecular weight is 333 g/mol. The molecule has 1 saturated heterocycles. The van der Waals surface area contributed by atoms with Crippen molar-refractivity contribution in [1.29, 1.82) is 0 Å². The lowest BCUT2D eigenvalue weighted by Gasteiger charge is -2.32. The molecule has 0 unspecified atom stereocenters. The molecule has 3 rings (SSSR count). The molecule has 1 N–H and O–H groups in total. The summed E-state index contributed by atoms with van der Waals surface area (Å²) in [6, 6.07) is 3.49. The second-order valence-corrected chi connectivity index (χ2v) is 6.65. The van der Waals surface area contributed by atoms with Crippen LogP contribution in [0.15, 0.2) is 18.3 Å². The maximum atomic E-state index is 12.9. The van der Waals surface area contributed by atoms with E-state index in [1.54, 1.807) is 30.3 Å². The fourth-order valence-corrected chi connectivity index (χ4v) is 3.98. The Balaban J connectivity index is 1.72. The van der Waals surface area contributed by atoms with Crippen LogP contribution in [0.3, 0.4) is 0 Å². The topological polar surface area (TPSA) is 65.9 Å². The van der Waals surface area contributed by atoms with Gasteiger partial charge in [-0.2, -0.15) is 0 Å². The number of aliphatic hydroxyl groups is 1. The van der Waals surface area contributed by atoms with Crippen molar-refractivity contribution in [3.8, 4) is 5.88 Å². The Kier molecular flexibility index (Phi) is 5.36. The molecule has 0 spiro atoms. The standard InChI is InChI=1S/C18H27N3O3/c1-3-24-17-13(7-6-10-19-17)18(23)20(2)14-8-9-15(16(14)22)21-11-4-5-12-21/h6-7,10,14-16,22H,3-5,8-9,11-12H2,1-2H3/t14-,15-,16-/m1/s1. The molecule has 2 fully saturated rings. The van der Waals surface area contributed by atoms with Crippen molar-refractivity contribution in [3.05, 3.63) is 23.9 Å². The van der Waals surface area contributed by atoms with Gasteiger partial charge in [0.1, 0.15) is 5.56 Å². The summed E-state index contributed by atoms with van der Waals surface area (Å²) in [5.41, 5.74) is 0.457. The predicted octanol–water partition coefficient (Wildman–Crippen LogP) is 1.54. The number of hydrogen-bond donors (Lipinski definition) is 1. The SMILES string of the molecule is CCOc1ncccc1C(=O)N(C)[C@@H]1CC[C@@H](N2CCCC2)[C@@H]1O. The Morgan fingerprint density at radius 2 is 2.17 bits per heavy atom. The van der Waals surface area contributed by atoms with Gasteiger partial charge in [-0.05, 0) is 57.8 Å². The Bertz CT molecular complexity index is 574. The summed E-state index contributed by atoms with van der Waals surface area (Å²) in [5, 5.41) is 10.8. The molecule has 6 heteroatoms. The second-order valence-electron chi connectivity index (χ2n) is 6.65. The molecule has 0 radical (unpaired) electrons. The van der Waals surface area contributed by atoms with Crippen molar-refractivity contribution in [2.75, 3.05) is 26.7 Å². The van der Waals surface area contributed by atoms with Crippen LogP contribution in [0, 0.1) is 0 Å². The summed E-state index contributed by atoms with van der Waals surface area (Å²) in [6.45, 7) is 4.45. The van der Waals surface area contributed by atoms with Crippen molar-refractivity contribution < 1.29 is 14.6 Å². The zero-order valence-corrected chi connectivity index (χ0v) is 14.5. The molecule has 6 nitrogen and oxygen atoms in total. The van der Waals surface area contributed by atoms with Gasteiger partial charge in [0.2, 0.25) is 5.88 Å². The first-order chi connectivity index (χ1) is 11.6. The average Bonchev–Trinajstić information content (AvgIpc) is 3.24. The molecular weight excluding hydrogens is 306 g/mol. The van der Waals surface area contributed by atoms with Gasteiger partial charge in [-0.1, -0.05) is 0 Å². The maximum absolute atomic E-state index is 12.9. The normalized spacial score (nSPS) is 27.4. The van der Waals surface area contributed by atoms with Crippen LogP contribution in [0.4, 0.5) is 0 Å². The molecule has 1 amide bonds. The molecule has 1 aliphatic heterocycles. The largest absolute Gasteiger partial charge is 0.477 e. The first kappa shape index (κ1) is 17.2. The molecule has 1 aliphatic carbocycles. The lowest BCUT2D eigenvalue weighted by Crippen LogP contribution is -2.48. The van der Waals surface area contributed by atoms with Crippen molar-refractivity contribution in [2.45, 2.75) is 50.8 Å². The van der Waals surface area contributed by atoms with Gasteiger partial charge >= 0.3 is 0 Å². The van der Waals surface area contributed by atoms with Gasteiger partial charge in [-0.3, -0.25) is 9.69 Å². The van der Waals surface area contributed by atoms with E-state index in [0.29, 0.717) is 18.1 Å². The number of aliphatic hydroxyl groups excluding tert-OH is 1. The molecule has 0 bridgehead atoms.